The van der Waals surface area contributed by atoms with Gasteiger partial charge in [-0.2, -0.15) is 5.10 Å². The van der Waals surface area contributed by atoms with Crippen molar-refractivity contribution in [2.45, 2.75) is 18.9 Å². The fourth-order valence-electron chi connectivity index (χ4n) is 1.81. The van der Waals surface area contributed by atoms with Gasteiger partial charge < -0.3 is 10.3 Å². The second kappa shape index (κ2) is 4.78. The highest BCUT2D eigenvalue weighted by Crippen LogP contribution is 2.18. The Morgan fingerprint density at radius 1 is 1.39 bits per heavy atom. The van der Waals surface area contributed by atoms with Crippen molar-refractivity contribution >= 4 is 34.4 Å². The van der Waals surface area contributed by atoms with Gasteiger partial charge in [-0.3, -0.25) is 5.43 Å². The van der Waals surface area contributed by atoms with Crippen molar-refractivity contribution in [1.82, 2.24) is 15.7 Å². The molecule has 0 spiro atoms. The topological polar surface area (TPSA) is 52.2 Å². The fourth-order valence-corrected chi connectivity index (χ4v) is 2.03. The number of aromatic amines is 1. The van der Waals surface area contributed by atoms with Gasteiger partial charge in [-0.15, -0.1) is 0 Å². The maximum Gasteiger partial charge on any atom is 0.187 e. The van der Waals surface area contributed by atoms with Crippen LogP contribution in [0, 0.1) is 0 Å². The standard InChI is InChI=1S/C13H14N4S/c18-13(16-10-5-6-10)17-15-8-9-7-14-12-4-2-1-3-11(9)12/h1-4,7-8,10,14H,5-6H2,(H2,16,17,18). The van der Waals surface area contributed by atoms with E-state index < -0.39 is 0 Å². The predicted molar refractivity (Wildman–Crippen MR) is 77.8 cm³/mol. The number of aromatic nitrogens is 1. The zero-order valence-electron chi connectivity index (χ0n) is 9.81. The molecule has 1 aliphatic carbocycles. The Bertz CT molecular complexity index is 598. The van der Waals surface area contributed by atoms with Crippen molar-refractivity contribution in [3.05, 3.63) is 36.0 Å². The number of rotatable bonds is 3. The summed E-state index contributed by atoms with van der Waals surface area (Å²) in [4.78, 5) is 3.20. The van der Waals surface area contributed by atoms with Crippen LogP contribution in [0.4, 0.5) is 0 Å². The van der Waals surface area contributed by atoms with Crippen molar-refractivity contribution < 1.29 is 0 Å². The molecule has 92 valence electrons. The molecule has 0 radical (unpaired) electrons. The molecule has 4 nitrogen and oxygen atoms in total. The SMILES string of the molecule is S=C(NN=Cc1c[nH]c2ccccc12)NC1CC1. The van der Waals surface area contributed by atoms with E-state index in [1.165, 1.54) is 12.8 Å². The summed E-state index contributed by atoms with van der Waals surface area (Å²) in [5.41, 5.74) is 4.99. The number of H-pyrrole nitrogens is 1. The van der Waals surface area contributed by atoms with Crippen LogP contribution in [-0.4, -0.2) is 22.4 Å². The molecule has 5 heteroatoms. The van der Waals surface area contributed by atoms with Gasteiger partial charge in [0.1, 0.15) is 0 Å². The largest absolute Gasteiger partial charge is 0.361 e. The minimum Gasteiger partial charge on any atom is -0.361 e. The van der Waals surface area contributed by atoms with Gasteiger partial charge in [-0.05, 0) is 31.1 Å². The van der Waals surface area contributed by atoms with Crippen molar-refractivity contribution in [1.29, 1.82) is 0 Å². The predicted octanol–water partition coefficient (Wildman–Crippen LogP) is 2.13. The number of hydrogen-bond donors (Lipinski definition) is 3. The zero-order valence-corrected chi connectivity index (χ0v) is 10.6. The number of nitrogens with one attached hydrogen (secondary N) is 3. The Morgan fingerprint density at radius 2 is 2.22 bits per heavy atom. The van der Waals surface area contributed by atoms with E-state index in [0.717, 1.165) is 16.5 Å². The third kappa shape index (κ3) is 2.51. The van der Waals surface area contributed by atoms with Crippen LogP contribution < -0.4 is 10.7 Å². The lowest BCUT2D eigenvalue weighted by Gasteiger charge is -2.03. The number of hydrazone groups is 1. The third-order valence-corrected chi connectivity index (χ3v) is 3.11. The van der Waals surface area contributed by atoms with E-state index in [9.17, 15) is 0 Å². The van der Waals surface area contributed by atoms with E-state index in [0.29, 0.717) is 11.2 Å². The van der Waals surface area contributed by atoms with E-state index in [2.05, 4.69) is 26.9 Å². The lowest BCUT2D eigenvalue weighted by molar-refractivity contribution is 0.863. The molecule has 0 saturated heterocycles. The fraction of sp³-hybridized carbons (Fsp3) is 0.231. The van der Waals surface area contributed by atoms with E-state index >= 15 is 0 Å². The van der Waals surface area contributed by atoms with Crippen molar-refractivity contribution in [3.8, 4) is 0 Å². The van der Waals surface area contributed by atoms with Crippen molar-refractivity contribution in [2.24, 2.45) is 5.10 Å². The minimum absolute atomic E-state index is 0.549. The first-order valence-electron chi connectivity index (χ1n) is 5.98. The van der Waals surface area contributed by atoms with Gasteiger partial charge in [-0.1, -0.05) is 18.2 Å². The Balaban J connectivity index is 1.66. The van der Waals surface area contributed by atoms with Crippen LogP contribution in [0.15, 0.2) is 35.6 Å². The molecule has 1 saturated carbocycles. The Labute approximate surface area is 110 Å². The van der Waals surface area contributed by atoms with Crippen LogP contribution >= 0.6 is 12.2 Å². The summed E-state index contributed by atoms with van der Waals surface area (Å²) in [6.45, 7) is 0. The van der Waals surface area contributed by atoms with Gasteiger partial charge in [0.15, 0.2) is 5.11 Å². The van der Waals surface area contributed by atoms with E-state index in [-0.39, 0.29) is 0 Å². The zero-order chi connectivity index (χ0) is 12.4. The van der Waals surface area contributed by atoms with Crippen LogP contribution in [0.5, 0.6) is 0 Å². The minimum atomic E-state index is 0.549. The van der Waals surface area contributed by atoms with Crippen LogP contribution in [0.25, 0.3) is 10.9 Å². The summed E-state index contributed by atoms with van der Waals surface area (Å²) in [5, 5.41) is 9.06. The highest BCUT2D eigenvalue weighted by molar-refractivity contribution is 7.80. The summed E-state index contributed by atoms with van der Waals surface area (Å²) < 4.78 is 0. The highest BCUT2D eigenvalue weighted by Gasteiger charge is 2.21. The molecule has 18 heavy (non-hydrogen) atoms. The van der Waals surface area contributed by atoms with Gasteiger partial charge in [-0.25, -0.2) is 0 Å². The van der Waals surface area contributed by atoms with Crippen molar-refractivity contribution in [2.75, 3.05) is 0 Å². The Morgan fingerprint density at radius 3 is 3.06 bits per heavy atom. The highest BCUT2D eigenvalue weighted by atomic mass is 32.1. The summed E-state index contributed by atoms with van der Waals surface area (Å²) in [7, 11) is 0. The second-order valence-electron chi connectivity index (χ2n) is 4.41. The smallest absolute Gasteiger partial charge is 0.187 e. The van der Waals surface area contributed by atoms with Crippen LogP contribution in [0.3, 0.4) is 0 Å². The average Bonchev–Trinajstić information content (AvgIpc) is 3.09. The number of para-hydroxylation sites is 1. The second-order valence-corrected chi connectivity index (χ2v) is 4.82. The number of thiocarbonyl (C=S) groups is 1. The van der Waals surface area contributed by atoms with Gasteiger partial charge in [0.05, 0.1) is 6.21 Å². The van der Waals surface area contributed by atoms with Gasteiger partial charge in [0.25, 0.3) is 0 Å². The molecular formula is C13H14N4S. The first-order chi connectivity index (χ1) is 8.83. The number of nitrogens with zero attached hydrogens (tertiary/aromatic N) is 1. The van der Waals surface area contributed by atoms with Crippen LogP contribution in [-0.2, 0) is 0 Å². The number of fused-ring (bicyclic) bond motifs is 1. The number of hydrogen-bond acceptors (Lipinski definition) is 2. The molecule has 0 atom stereocenters. The molecule has 1 aromatic carbocycles. The molecule has 3 N–H and O–H groups in total. The number of benzene rings is 1. The lowest BCUT2D eigenvalue weighted by Crippen LogP contribution is -2.33. The molecule has 1 heterocycles. The maximum atomic E-state index is 5.12. The summed E-state index contributed by atoms with van der Waals surface area (Å²) in [5.74, 6) is 0. The van der Waals surface area contributed by atoms with Crippen LogP contribution in [0.1, 0.15) is 18.4 Å². The molecule has 0 amide bonds. The first-order valence-corrected chi connectivity index (χ1v) is 6.39. The normalized spacial score (nSPS) is 15.1. The molecule has 2 aromatic rings. The Hall–Kier alpha value is -1.88. The molecular weight excluding hydrogens is 244 g/mol. The Kier molecular flexibility index (Phi) is 2.98. The van der Waals surface area contributed by atoms with Gasteiger partial charge >= 0.3 is 0 Å². The average molecular weight is 258 g/mol. The van der Waals surface area contributed by atoms with Gasteiger partial charge in [0, 0.05) is 28.7 Å². The maximum absolute atomic E-state index is 5.12. The summed E-state index contributed by atoms with van der Waals surface area (Å²) in [6.07, 6.45) is 6.12. The molecule has 0 bridgehead atoms. The quantitative estimate of drug-likeness (QED) is 0.449. The van der Waals surface area contributed by atoms with E-state index in [1.54, 1.807) is 6.21 Å². The molecule has 0 unspecified atom stereocenters. The van der Waals surface area contributed by atoms with Crippen LogP contribution in [0.2, 0.25) is 0 Å². The lowest BCUT2D eigenvalue weighted by atomic mass is 10.2. The molecule has 1 fully saturated rings. The van der Waals surface area contributed by atoms with Crippen molar-refractivity contribution in [3.63, 3.8) is 0 Å². The summed E-state index contributed by atoms with van der Waals surface area (Å²) >= 11 is 5.12. The van der Waals surface area contributed by atoms with Gasteiger partial charge in [0.2, 0.25) is 0 Å². The molecule has 0 aliphatic heterocycles. The molecule has 3 rings (SSSR count). The summed E-state index contributed by atoms with van der Waals surface area (Å²) in [6, 6.07) is 8.67. The molecule has 1 aliphatic rings. The molecule has 1 aromatic heterocycles. The monoisotopic (exact) mass is 258 g/mol. The van der Waals surface area contributed by atoms with E-state index in [1.807, 2.05) is 24.4 Å². The first kappa shape index (κ1) is 11.2. The third-order valence-electron chi connectivity index (χ3n) is 2.90. The van der Waals surface area contributed by atoms with E-state index in [4.69, 9.17) is 12.2 Å².